The smallest absolute Gasteiger partial charge is 0.238 e. The molecule has 0 aliphatic carbocycles. The summed E-state index contributed by atoms with van der Waals surface area (Å²) in [6.45, 7) is 2.85. The van der Waals surface area contributed by atoms with E-state index in [4.69, 9.17) is 25.8 Å². The van der Waals surface area contributed by atoms with Gasteiger partial charge in [-0.3, -0.25) is 9.69 Å². The summed E-state index contributed by atoms with van der Waals surface area (Å²) in [5.41, 5.74) is 2.67. The van der Waals surface area contributed by atoms with Crippen LogP contribution in [0.3, 0.4) is 0 Å². The molecule has 0 unspecified atom stereocenters. The Bertz CT molecular complexity index is 1430. The maximum absolute atomic E-state index is 13.3. The van der Waals surface area contributed by atoms with Crippen LogP contribution in [0.15, 0.2) is 79.4 Å². The lowest BCUT2D eigenvalue weighted by Crippen LogP contribution is -2.33. The third-order valence-electron chi connectivity index (χ3n) is 6.69. The van der Waals surface area contributed by atoms with Gasteiger partial charge in [0, 0.05) is 29.5 Å². The first kappa shape index (κ1) is 27.6. The Balaban J connectivity index is 1.36. The van der Waals surface area contributed by atoms with Crippen molar-refractivity contribution in [1.29, 1.82) is 0 Å². The molecule has 0 spiro atoms. The summed E-state index contributed by atoms with van der Waals surface area (Å²) in [4.78, 5) is 19.6. The maximum atomic E-state index is 13.3. The molecule has 208 valence electrons. The number of para-hydroxylation sites is 2. The number of nitrogens with one attached hydrogen (secondary N) is 1. The number of carbonyl (C=O) groups excluding carboxylic acids is 1. The predicted molar refractivity (Wildman–Crippen MR) is 156 cm³/mol. The molecule has 5 rings (SSSR count). The van der Waals surface area contributed by atoms with Gasteiger partial charge in [-0.2, -0.15) is 0 Å². The Labute approximate surface area is 239 Å². The lowest BCUT2D eigenvalue weighted by Gasteiger charge is -2.23. The molecule has 2 heterocycles. The molecule has 1 aliphatic rings. The number of halogens is 1. The molecule has 3 aromatic carbocycles. The quantitative estimate of drug-likeness (QED) is 0.305. The highest BCUT2D eigenvalue weighted by molar-refractivity contribution is 6.31. The lowest BCUT2D eigenvalue weighted by atomic mass is 10.1. The third kappa shape index (κ3) is 7.34. The van der Waals surface area contributed by atoms with Gasteiger partial charge in [-0.05, 0) is 73.8 Å². The van der Waals surface area contributed by atoms with Crippen LogP contribution in [0.1, 0.15) is 30.4 Å². The Hall–Kier alpha value is -4.01. The molecule has 9 heteroatoms. The number of aromatic nitrogens is 2. The summed E-state index contributed by atoms with van der Waals surface area (Å²) in [6.07, 6.45) is 8.29. The van der Waals surface area contributed by atoms with E-state index >= 15 is 0 Å². The SMILES string of the molecule is COc1ccc(CN2CCCCCOc3ccccc3Oc3ccc(Cl)cc3NC(=O)C2)cc1Cn1ccnc1. The minimum absolute atomic E-state index is 0.140. The number of ether oxygens (including phenoxy) is 3. The van der Waals surface area contributed by atoms with Gasteiger partial charge in [0.1, 0.15) is 5.75 Å². The largest absolute Gasteiger partial charge is 0.496 e. The van der Waals surface area contributed by atoms with Gasteiger partial charge in [-0.15, -0.1) is 0 Å². The molecule has 4 aromatic rings. The van der Waals surface area contributed by atoms with E-state index < -0.39 is 0 Å². The fraction of sp³-hybridized carbons (Fsp3) is 0.290. The Morgan fingerprint density at radius 3 is 2.70 bits per heavy atom. The monoisotopic (exact) mass is 560 g/mol. The van der Waals surface area contributed by atoms with Gasteiger partial charge in [0.05, 0.1) is 38.8 Å². The summed E-state index contributed by atoms with van der Waals surface area (Å²) >= 11 is 6.29. The molecule has 0 saturated carbocycles. The minimum atomic E-state index is -0.140. The number of fused-ring (bicyclic) bond motifs is 2. The van der Waals surface area contributed by atoms with Crippen LogP contribution in [-0.4, -0.2) is 47.2 Å². The summed E-state index contributed by atoms with van der Waals surface area (Å²) in [5, 5.41) is 3.52. The number of amides is 1. The third-order valence-corrected chi connectivity index (χ3v) is 6.93. The molecule has 0 atom stereocenters. The maximum Gasteiger partial charge on any atom is 0.238 e. The van der Waals surface area contributed by atoms with Crippen molar-refractivity contribution in [2.45, 2.75) is 32.4 Å². The van der Waals surface area contributed by atoms with E-state index in [1.807, 2.05) is 41.1 Å². The first-order chi connectivity index (χ1) is 19.6. The Morgan fingerprint density at radius 2 is 1.88 bits per heavy atom. The van der Waals surface area contributed by atoms with E-state index in [0.717, 1.165) is 42.7 Å². The van der Waals surface area contributed by atoms with E-state index in [1.165, 1.54) is 0 Å². The number of imidazole rings is 1. The Kier molecular flexibility index (Phi) is 9.21. The molecular formula is C31H33ClN4O4. The topological polar surface area (TPSA) is 77.9 Å². The van der Waals surface area contributed by atoms with Crippen LogP contribution in [0.2, 0.25) is 5.02 Å². The first-order valence-electron chi connectivity index (χ1n) is 13.4. The second-order valence-corrected chi connectivity index (χ2v) is 10.2. The van der Waals surface area contributed by atoms with Crippen LogP contribution in [0.5, 0.6) is 23.0 Å². The van der Waals surface area contributed by atoms with Crippen molar-refractivity contribution in [2.75, 3.05) is 32.1 Å². The number of nitrogens with zero attached hydrogens (tertiary/aromatic N) is 3. The number of hydrogen-bond acceptors (Lipinski definition) is 6. The normalized spacial score (nSPS) is 14.9. The van der Waals surface area contributed by atoms with Gasteiger partial charge in [0.15, 0.2) is 17.2 Å². The summed E-state index contributed by atoms with van der Waals surface area (Å²) < 4.78 is 19.9. The van der Waals surface area contributed by atoms with E-state index in [9.17, 15) is 4.79 Å². The van der Waals surface area contributed by atoms with Gasteiger partial charge in [0.25, 0.3) is 0 Å². The van der Waals surface area contributed by atoms with Crippen molar-refractivity contribution in [2.24, 2.45) is 0 Å². The molecule has 1 aromatic heterocycles. The second kappa shape index (κ2) is 13.4. The zero-order chi connectivity index (χ0) is 27.7. The molecule has 0 bridgehead atoms. The van der Waals surface area contributed by atoms with Crippen LogP contribution in [-0.2, 0) is 17.9 Å². The predicted octanol–water partition coefficient (Wildman–Crippen LogP) is 6.39. The van der Waals surface area contributed by atoms with Crippen LogP contribution in [0.4, 0.5) is 5.69 Å². The fourth-order valence-electron chi connectivity index (χ4n) is 4.75. The summed E-state index contributed by atoms with van der Waals surface area (Å²) in [6, 6.07) is 18.9. The number of anilines is 1. The standard InChI is InChI=1S/C31H33ClN4O4/c1-38-27-11-9-23(17-24(27)20-36-15-13-33-22-36)19-35-14-5-2-6-16-39-29-7-3-4-8-30(29)40-28-12-10-25(32)18-26(28)34-31(37)21-35/h3-4,7-13,15,17-18,22H,2,5-6,14,16,19-21H2,1H3,(H,34,37). The number of methoxy groups -OCH3 is 1. The second-order valence-electron chi connectivity index (χ2n) is 9.74. The highest BCUT2D eigenvalue weighted by atomic mass is 35.5. The number of carbonyl (C=O) groups is 1. The van der Waals surface area contributed by atoms with Crippen molar-refractivity contribution in [1.82, 2.24) is 14.5 Å². The number of hydrogen-bond donors (Lipinski definition) is 1. The van der Waals surface area contributed by atoms with Crippen LogP contribution < -0.4 is 19.5 Å². The molecule has 40 heavy (non-hydrogen) atoms. The van der Waals surface area contributed by atoms with E-state index in [0.29, 0.717) is 47.7 Å². The summed E-state index contributed by atoms with van der Waals surface area (Å²) in [5.74, 6) is 2.43. The van der Waals surface area contributed by atoms with Crippen LogP contribution >= 0.6 is 11.6 Å². The van der Waals surface area contributed by atoms with Crippen molar-refractivity contribution in [3.8, 4) is 23.0 Å². The van der Waals surface area contributed by atoms with Gasteiger partial charge >= 0.3 is 0 Å². The van der Waals surface area contributed by atoms with Crippen molar-refractivity contribution in [3.63, 3.8) is 0 Å². The summed E-state index contributed by atoms with van der Waals surface area (Å²) in [7, 11) is 1.68. The highest BCUT2D eigenvalue weighted by Gasteiger charge is 2.17. The van der Waals surface area contributed by atoms with E-state index in [1.54, 1.807) is 37.8 Å². The molecular weight excluding hydrogens is 528 g/mol. The average Bonchev–Trinajstić information content (AvgIpc) is 3.45. The number of benzene rings is 3. The minimum Gasteiger partial charge on any atom is -0.496 e. The Morgan fingerprint density at radius 1 is 1.00 bits per heavy atom. The zero-order valence-corrected chi connectivity index (χ0v) is 23.3. The van der Waals surface area contributed by atoms with Gasteiger partial charge in [-0.1, -0.05) is 29.8 Å². The van der Waals surface area contributed by atoms with Gasteiger partial charge in [0.2, 0.25) is 5.91 Å². The molecule has 1 N–H and O–H groups in total. The van der Waals surface area contributed by atoms with E-state index in [-0.39, 0.29) is 12.5 Å². The zero-order valence-electron chi connectivity index (χ0n) is 22.5. The van der Waals surface area contributed by atoms with Gasteiger partial charge in [-0.25, -0.2) is 4.98 Å². The number of rotatable bonds is 5. The van der Waals surface area contributed by atoms with Crippen molar-refractivity contribution in [3.05, 3.63) is 95.5 Å². The molecule has 1 amide bonds. The molecule has 8 nitrogen and oxygen atoms in total. The molecule has 0 saturated heterocycles. The fourth-order valence-corrected chi connectivity index (χ4v) is 4.93. The molecule has 1 aliphatic heterocycles. The molecule has 0 radical (unpaired) electrons. The molecule has 0 fully saturated rings. The van der Waals surface area contributed by atoms with Gasteiger partial charge < -0.3 is 24.1 Å². The highest BCUT2D eigenvalue weighted by Crippen LogP contribution is 2.36. The van der Waals surface area contributed by atoms with E-state index in [2.05, 4.69) is 27.3 Å². The van der Waals surface area contributed by atoms with Crippen LogP contribution in [0, 0.1) is 0 Å². The average molecular weight is 561 g/mol. The van der Waals surface area contributed by atoms with Crippen LogP contribution in [0.25, 0.3) is 0 Å². The van der Waals surface area contributed by atoms with Crippen molar-refractivity contribution < 1.29 is 19.0 Å². The first-order valence-corrected chi connectivity index (χ1v) is 13.8. The van der Waals surface area contributed by atoms with Crippen molar-refractivity contribution >= 4 is 23.2 Å². The lowest BCUT2D eigenvalue weighted by molar-refractivity contribution is -0.117.